The van der Waals surface area contributed by atoms with Crippen LogP contribution in [0.1, 0.15) is 32.1 Å². The van der Waals surface area contributed by atoms with Crippen molar-refractivity contribution in [2.24, 2.45) is 0 Å². The number of esters is 1. The van der Waals surface area contributed by atoms with Crippen LogP contribution in [-0.2, 0) is 11.3 Å². The molecule has 0 saturated heterocycles. The molecule has 0 spiro atoms. The van der Waals surface area contributed by atoms with Gasteiger partial charge in [0.15, 0.2) is 24.2 Å². The number of ether oxygens (including phenoxy) is 3. The molecule has 0 fully saturated rings. The largest absolute Gasteiger partial charge is 0.486 e. The number of carbonyl (C=O) groups excluding carboxylic acids is 2. The summed E-state index contributed by atoms with van der Waals surface area (Å²) in [7, 11) is 0. The Bertz CT molecular complexity index is 1120. The fraction of sp³-hybridized carbons (Fsp3) is 0.261. The molecule has 1 atom stereocenters. The molecule has 3 aromatic rings. The standard InChI is InChI=1S/C23H21ClN2O5/c1-14-9-18(19(27)13-30-23(28)16-7-8-22(24)25-10-16)15(2)26(14)11-17-12-29-20-5-3-4-6-21(20)31-17/h3-10,17H,11-13H2,1-2H3. The van der Waals surface area contributed by atoms with Crippen LogP contribution in [-0.4, -0.2) is 40.6 Å². The van der Waals surface area contributed by atoms with E-state index in [1.54, 1.807) is 6.07 Å². The molecular formula is C23H21ClN2O5. The molecule has 8 heteroatoms. The van der Waals surface area contributed by atoms with Crippen molar-refractivity contribution in [2.45, 2.75) is 26.5 Å². The van der Waals surface area contributed by atoms with Crippen molar-refractivity contribution in [3.05, 3.63) is 76.3 Å². The monoisotopic (exact) mass is 440 g/mol. The Balaban J connectivity index is 1.41. The lowest BCUT2D eigenvalue weighted by atomic mass is 10.1. The number of hydrogen-bond acceptors (Lipinski definition) is 6. The van der Waals surface area contributed by atoms with E-state index in [2.05, 4.69) is 4.98 Å². The Morgan fingerprint density at radius 1 is 1.19 bits per heavy atom. The number of rotatable bonds is 6. The number of halogens is 1. The Morgan fingerprint density at radius 3 is 2.71 bits per heavy atom. The zero-order valence-corrected chi connectivity index (χ0v) is 17.9. The van der Waals surface area contributed by atoms with Gasteiger partial charge in [0.05, 0.1) is 12.1 Å². The van der Waals surface area contributed by atoms with Crippen molar-refractivity contribution in [1.82, 2.24) is 9.55 Å². The number of pyridine rings is 1. The van der Waals surface area contributed by atoms with Crippen LogP contribution in [0.2, 0.25) is 5.15 Å². The molecule has 0 radical (unpaired) electrons. The zero-order valence-electron chi connectivity index (χ0n) is 17.1. The molecule has 0 bridgehead atoms. The van der Waals surface area contributed by atoms with Crippen LogP contribution >= 0.6 is 11.6 Å². The van der Waals surface area contributed by atoms with Crippen molar-refractivity contribution in [3.63, 3.8) is 0 Å². The Morgan fingerprint density at radius 2 is 1.97 bits per heavy atom. The second-order valence-electron chi connectivity index (χ2n) is 7.26. The first kappa shape index (κ1) is 20.9. The van der Waals surface area contributed by atoms with E-state index in [0.717, 1.165) is 17.1 Å². The minimum Gasteiger partial charge on any atom is -0.486 e. The summed E-state index contributed by atoms with van der Waals surface area (Å²) in [5.41, 5.74) is 2.44. The minimum absolute atomic E-state index is 0.183. The molecule has 0 aliphatic carbocycles. The fourth-order valence-corrected chi connectivity index (χ4v) is 3.62. The molecule has 1 aliphatic heterocycles. The van der Waals surface area contributed by atoms with Gasteiger partial charge >= 0.3 is 5.97 Å². The van der Waals surface area contributed by atoms with Gasteiger partial charge in [-0.15, -0.1) is 0 Å². The van der Waals surface area contributed by atoms with Gasteiger partial charge in [0.25, 0.3) is 0 Å². The van der Waals surface area contributed by atoms with Crippen LogP contribution in [0.25, 0.3) is 0 Å². The zero-order chi connectivity index (χ0) is 22.0. The predicted octanol–water partition coefficient (Wildman–Crippen LogP) is 4.03. The van der Waals surface area contributed by atoms with Crippen molar-refractivity contribution >= 4 is 23.4 Å². The highest BCUT2D eigenvalue weighted by atomic mass is 35.5. The molecule has 1 aromatic carbocycles. The van der Waals surface area contributed by atoms with Gasteiger partial charge in [-0.3, -0.25) is 4.79 Å². The Labute approximate surface area is 184 Å². The van der Waals surface area contributed by atoms with E-state index in [4.69, 9.17) is 25.8 Å². The SMILES string of the molecule is Cc1cc(C(=O)COC(=O)c2ccc(Cl)nc2)c(C)n1CC1COc2ccccc2O1. The van der Waals surface area contributed by atoms with Crippen LogP contribution in [0.4, 0.5) is 0 Å². The lowest BCUT2D eigenvalue weighted by Crippen LogP contribution is -2.33. The van der Waals surface area contributed by atoms with Gasteiger partial charge in [-0.1, -0.05) is 23.7 Å². The number of aromatic nitrogens is 2. The van der Waals surface area contributed by atoms with E-state index >= 15 is 0 Å². The van der Waals surface area contributed by atoms with Crippen molar-refractivity contribution in [3.8, 4) is 11.5 Å². The van der Waals surface area contributed by atoms with Gasteiger partial charge in [-0.05, 0) is 44.2 Å². The first-order chi connectivity index (χ1) is 14.9. The molecule has 1 aliphatic rings. The minimum atomic E-state index is -0.627. The summed E-state index contributed by atoms with van der Waals surface area (Å²) < 4.78 is 19.0. The molecule has 2 aromatic heterocycles. The first-order valence-electron chi connectivity index (χ1n) is 9.79. The average molecular weight is 441 g/mol. The van der Waals surface area contributed by atoms with E-state index < -0.39 is 5.97 Å². The summed E-state index contributed by atoms with van der Waals surface area (Å²) in [6, 6.07) is 12.3. The van der Waals surface area contributed by atoms with Crippen LogP contribution in [0.3, 0.4) is 0 Å². The van der Waals surface area contributed by atoms with Gasteiger partial charge in [-0.2, -0.15) is 0 Å². The summed E-state index contributed by atoms with van der Waals surface area (Å²) in [5, 5.41) is 0.274. The summed E-state index contributed by atoms with van der Waals surface area (Å²) in [6.07, 6.45) is 1.13. The molecule has 7 nitrogen and oxygen atoms in total. The maximum atomic E-state index is 12.7. The summed E-state index contributed by atoms with van der Waals surface area (Å²) in [5.74, 6) is 0.535. The number of carbonyl (C=O) groups is 2. The third-order valence-electron chi connectivity index (χ3n) is 5.13. The number of ketones is 1. The quantitative estimate of drug-likeness (QED) is 0.327. The number of aryl methyl sites for hydroxylation is 1. The second-order valence-corrected chi connectivity index (χ2v) is 7.65. The lowest BCUT2D eigenvalue weighted by Gasteiger charge is -2.27. The van der Waals surface area contributed by atoms with Crippen molar-refractivity contribution in [2.75, 3.05) is 13.2 Å². The Kier molecular flexibility index (Phi) is 5.95. The molecule has 31 heavy (non-hydrogen) atoms. The maximum Gasteiger partial charge on any atom is 0.340 e. The van der Waals surface area contributed by atoms with Crippen LogP contribution < -0.4 is 9.47 Å². The van der Waals surface area contributed by atoms with Gasteiger partial charge < -0.3 is 18.8 Å². The second kappa shape index (κ2) is 8.81. The normalized spacial score (nSPS) is 14.9. The molecule has 1 unspecified atom stereocenters. The number of nitrogens with zero attached hydrogens (tertiary/aromatic N) is 2. The van der Waals surface area contributed by atoms with E-state index in [-0.39, 0.29) is 29.2 Å². The number of hydrogen-bond donors (Lipinski definition) is 0. The van der Waals surface area contributed by atoms with Gasteiger partial charge in [0.2, 0.25) is 5.78 Å². The van der Waals surface area contributed by atoms with Crippen molar-refractivity contribution in [1.29, 1.82) is 0 Å². The average Bonchev–Trinajstić information content (AvgIpc) is 3.06. The molecule has 0 saturated carbocycles. The van der Waals surface area contributed by atoms with Gasteiger partial charge in [0, 0.05) is 23.1 Å². The van der Waals surface area contributed by atoms with Crippen LogP contribution in [0.5, 0.6) is 11.5 Å². The van der Waals surface area contributed by atoms with E-state index in [0.29, 0.717) is 24.5 Å². The third-order valence-corrected chi connectivity index (χ3v) is 5.35. The maximum absolute atomic E-state index is 12.7. The number of fused-ring (bicyclic) bond motifs is 1. The van der Waals surface area contributed by atoms with Gasteiger partial charge in [-0.25, -0.2) is 9.78 Å². The topological polar surface area (TPSA) is 79.7 Å². The third kappa shape index (κ3) is 4.56. The highest BCUT2D eigenvalue weighted by molar-refractivity contribution is 6.29. The van der Waals surface area contributed by atoms with Crippen LogP contribution in [0, 0.1) is 13.8 Å². The molecule has 4 rings (SSSR count). The summed E-state index contributed by atoms with van der Waals surface area (Å²) in [6.45, 7) is 4.39. The number of para-hydroxylation sites is 2. The molecule has 0 N–H and O–H groups in total. The predicted molar refractivity (Wildman–Crippen MR) is 114 cm³/mol. The first-order valence-corrected chi connectivity index (χ1v) is 10.2. The highest BCUT2D eigenvalue weighted by Gasteiger charge is 2.24. The molecular weight excluding hydrogens is 420 g/mol. The summed E-state index contributed by atoms with van der Waals surface area (Å²) in [4.78, 5) is 28.7. The smallest absolute Gasteiger partial charge is 0.340 e. The van der Waals surface area contributed by atoms with E-state index in [1.165, 1.54) is 18.3 Å². The highest BCUT2D eigenvalue weighted by Crippen LogP contribution is 2.31. The van der Waals surface area contributed by atoms with E-state index in [1.807, 2.05) is 42.7 Å². The number of Topliss-reactive ketones (excluding diaryl/α,β-unsaturated/α-hetero) is 1. The Hall–Kier alpha value is -3.32. The molecule has 160 valence electrons. The van der Waals surface area contributed by atoms with Gasteiger partial charge in [0.1, 0.15) is 11.8 Å². The summed E-state index contributed by atoms with van der Waals surface area (Å²) >= 11 is 5.72. The van der Waals surface area contributed by atoms with Crippen LogP contribution in [0.15, 0.2) is 48.7 Å². The molecule has 0 amide bonds. The van der Waals surface area contributed by atoms with E-state index in [9.17, 15) is 9.59 Å². The number of benzene rings is 1. The lowest BCUT2D eigenvalue weighted by molar-refractivity contribution is 0.0474. The molecule has 3 heterocycles. The van der Waals surface area contributed by atoms with Crippen molar-refractivity contribution < 1.29 is 23.8 Å². The fourth-order valence-electron chi connectivity index (χ4n) is 3.51.